The van der Waals surface area contributed by atoms with Crippen molar-refractivity contribution in [3.63, 3.8) is 0 Å². The lowest BCUT2D eigenvalue weighted by molar-refractivity contribution is -0.315. The number of hydrogen-bond donors (Lipinski definition) is 2. The molecule has 1 saturated heterocycles. The van der Waals surface area contributed by atoms with Gasteiger partial charge in [-0.2, -0.15) is 0 Å². The fraction of sp³-hybridized carbons (Fsp3) is 0.731. The summed E-state index contributed by atoms with van der Waals surface area (Å²) in [5, 5.41) is 14.1. The molecule has 4 aliphatic rings. The zero-order chi connectivity index (χ0) is 23.9. The van der Waals surface area contributed by atoms with Crippen LogP contribution in [0.4, 0.5) is 0 Å². The molecule has 1 amide bonds. The molecule has 0 aromatic heterocycles. The van der Waals surface area contributed by atoms with Crippen LogP contribution in [-0.2, 0) is 25.5 Å². The number of carbonyl (C=O) groups excluding carboxylic acids is 1. The third-order valence-electron chi connectivity index (χ3n) is 8.87. The molecule has 1 aromatic carbocycles. The van der Waals surface area contributed by atoms with Crippen LogP contribution in [0.15, 0.2) is 18.2 Å². The van der Waals surface area contributed by atoms with Gasteiger partial charge < -0.3 is 34.1 Å². The Kier molecular flexibility index (Phi) is 6.52. The van der Waals surface area contributed by atoms with Gasteiger partial charge in [-0.25, -0.2) is 0 Å². The lowest BCUT2D eigenvalue weighted by Crippen LogP contribution is -2.63. The van der Waals surface area contributed by atoms with Crippen molar-refractivity contribution < 1.29 is 33.6 Å². The van der Waals surface area contributed by atoms with Crippen molar-refractivity contribution in [3.8, 4) is 11.5 Å². The number of aliphatic hydroxyl groups excluding tert-OH is 1. The highest BCUT2D eigenvalue weighted by Gasteiger charge is 2.61. The molecule has 2 saturated carbocycles. The minimum Gasteiger partial charge on any atom is -0.454 e. The van der Waals surface area contributed by atoms with Crippen molar-refractivity contribution in [1.82, 2.24) is 5.32 Å². The number of hydrogen-bond acceptors (Lipinski definition) is 7. The van der Waals surface area contributed by atoms with E-state index in [1.165, 1.54) is 0 Å². The third kappa shape index (κ3) is 4.19. The van der Waals surface area contributed by atoms with Gasteiger partial charge in [-0.05, 0) is 60.6 Å². The topological polar surface area (TPSA) is 95.5 Å². The van der Waals surface area contributed by atoms with Gasteiger partial charge >= 0.3 is 0 Å². The van der Waals surface area contributed by atoms with E-state index >= 15 is 0 Å². The summed E-state index contributed by atoms with van der Waals surface area (Å²) in [6.45, 7) is 6.22. The van der Waals surface area contributed by atoms with E-state index in [1.807, 2.05) is 18.2 Å². The van der Waals surface area contributed by atoms with Crippen LogP contribution < -0.4 is 14.8 Å². The van der Waals surface area contributed by atoms with Crippen LogP contribution >= 0.6 is 0 Å². The number of carbonyl (C=O) groups is 1. The predicted octanol–water partition coefficient (Wildman–Crippen LogP) is 3.00. The van der Waals surface area contributed by atoms with E-state index in [0.717, 1.165) is 30.6 Å². The Labute approximate surface area is 201 Å². The normalized spacial score (nSPS) is 38.6. The Bertz CT molecular complexity index is 909. The summed E-state index contributed by atoms with van der Waals surface area (Å²) in [4.78, 5) is 13.0. The molecule has 188 valence electrons. The fourth-order valence-corrected chi connectivity index (χ4v) is 7.03. The Morgan fingerprint density at radius 3 is 2.82 bits per heavy atom. The number of fused-ring (bicyclic) bond motifs is 4. The van der Waals surface area contributed by atoms with Gasteiger partial charge in [0.1, 0.15) is 0 Å². The van der Waals surface area contributed by atoms with Gasteiger partial charge in [0.2, 0.25) is 12.7 Å². The maximum atomic E-state index is 13.0. The number of ether oxygens (including phenoxy) is 5. The first-order valence-corrected chi connectivity index (χ1v) is 12.4. The van der Waals surface area contributed by atoms with Crippen LogP contribution in [0.3, 0.4) is 0 Å². The summed E-state index contributed by atoms with van der Waals surface area (Å²) in [6, 6.07) is 5.70. The highest BCUT2D eigenvalue weighted by atomic mass is 16.7. The molecular weight excluding hydrogens is 438 g/mol. The Balaban J connectivity index is 1.25. The average molecular weight is 476 g/mol. The Morgan fingerprint density at radius 1 is 1.18 bits per heavy atom. The monoisotopic (exact) mass is 475 g/mol. The molecule has 1 aromatic rings. The van der Waals surface area contributed by atoms with Crippen LogP contribution in [0.5, 0.6) is 11.5 Å². The number of aliphatic hydroxyl groups is 1. The summed E-state index contributed by atoms with van der Waals surface area (Å²) in [7, 11) is 1.66. The van der Waals surface area contributed by atoms with E-state index in [1.54, 1.807) is 7.11 Å². The van der Waals surface area contributed by atoms with E-state index in [0.29, 0.717) is 44.3 Å². The maximum Gasteiger partial charge on any atom is 0.231 e. The second-order valence-corrected chi connectivity index (χ2v) is 10.8. The van der Waals surface area contributed by atoms with Crippen molar-refractivity contribution in [2.75, 3.05) is 27.1 Å². The molecule has 0 spiro atoms. The molecule has 7 atom stereocenters. The Hall–Kier alpha value is -1.87. The van der Waals surface area contributed by atoms with E-state index in [9.17, 15) is 9.90 Å². The molecule has 2 aliphatic heterocycles. The molecule has 3 fully saturated rings. The van der Waals surface area contributed by atoms with Crippen molar-refractivity contribution in [3.05, 3.63) is 23.8 Å². The van der Waals surface area contributed by atoms with E-state index in [2.05, 4.69) is 19.2 Å². The summed E-state index contributed by atoms with van der Waals surface area (Å²) < 4.78 is 28.3. The van der Waals surface area contributed by atoms with E-state index in [4.69, 9.17) is 23.7 Å². The molecule has 0 unspecified atom stereocenters. The van der Waals surface area contributed by atoms with E-state index < -0.39 is 6.10 Å². The molecule has 2 heterocycles. The first kappa shape index (κ1) is 23.9. The van der Waals surface area contributed by atoms with Gasteiger partial charge in [-0.15, -0.1) is 0 Å². The van der Waals surface area contributed by atoms with Gasteiger partial charge in [0.05, 0.1) is 25.4 Å². The van der Waals surface area contributed by atoms with Crippen molar-refractivity contribution >= 4 is 5.91 Å². The number of amides is 1. The molecule has 5 rings (SSSR count). The van der Waals surface area contributed by atoms with Crippen LogP contribution in [0, 0.1) is 22.7 Å². The van der Waals surface area contributed by atoms with Gasteiger partial charge in [0, 0.05) is 25.5 Å². The van der Waals surface area contributed by atoms with Gasteiger partial charge in [0.15, 0.2) is 17.8 Å². The zero-order valence-corrected chi connectivity index (χ0v) is 20.4. The molecule has 0 radical (unpaired) electrons. The Morgan fingerprint density at radius 2 is 2.00 bits per heavy atom. The van der Waals surface area contributed by atoms with Crippen LogP contribution in [-0.4, -0.2) is 56.6 Å². The van der Waals surface area contributed by atoms with Gasteiger partial charge in [-0.1, -0.05) is 19.9 Å². The SMILES string of the molecule is COC[C@@H]1OC[C@@]2(C)[C@@H]3CC[C@@H](O)[C@@H](CC(=O)NCc4ccc5c(c4)OCO5)[C@]3(C)CC[C@H]2O1. The second-order valence-electron chi connectivity index (χ2n) is 10.8. The quantitative estimate of drug-likeness (QED) is 0.653. The summed E-state index contributed by atoms with van der Waals surface area (Å²) >= 11 is 0. The maximum absolute atomic E-state index is 13.0. The number of methoxy groups -OCH3 is 1. The van der Waals surface area contributed by atoms with Gasteiger partial charge in [-0.3, -0.25) is 4.79 Å². The standard InChI is InChI=1S/C26H37NO7/c1-25-9-8-22-26(2,14-31-24(34-22)13-30-3)21(25)7-5-18(28)17(25)11-23(29)27-12-16-4-6-19-20(10-16)33-15-32-19/h4,6,10,17-18,21-22,24,28H,5,7-9,11-15H2,1-3H3,(H,27,29)/t17-,18-,21-,22-,24-,25+,26+/m1/s1. The summed E-state index contributed by atoms with van der Waals surface area (Å²) in [5.74, 6) is 1.62. The summed E-state index contributed by atoms with van der Waals surface area (Å²) in [6.07, 6.45) is 3.06. The molecule has 8 heteroatoms. The first-order valence-electron chi connectivity index (χ1n) is 12.4. The smallest absolute Gasteiger partial charge is 0.231 e. The number of nitrogens with one attached hydrogen (secondary N) is 1. The lowest BCUT2D eigenvalue weighted by Gasteiger charge is -2.62. The predicted molar refractivity (Wildman–Crippen MR) is 123 cm³/mol. The molecule has 0 bridgehead atoms. The third-order valence-corrected chi connectivity index (χ3v) is 8.87. The number of benzene rings is 1. The lowest BCUT2D eigenvalue weighted by atomic mass is 9.46. The minimum absolute atomic E-state index is 0.0350. The molecule has 2 aliphatic carbocycles. The van der Waals surface area contributed by atoms with Crippen LogP contribution in [0.2, 0.25) is 0 Å². The van der Waals surface area contributed by atoms with Crippen molar-refractivity contribution in [2.24, 2.45) is 22.7 Å². The minimum atomic E-state index is -0.482. The largest absolute Gasteiger partial charge is 0.454 e. The van der Waals surface area contributed by atoms with Gasteiger partial charge in [0.25, 0.3) is 0 Å². The number of rotatable bonds is 6. The first-order chi connectivity index (χ1) is 16.3. The summed E-state index contributed by atoms with van der Waals surface area (Å²) in [5.41, 5.74) is 0.666. The molecule has 8 nitrogen and oxygen atoms in total. The highest BCUT2D eigenvalue weighted by molar-refractivity contribution is 5.76. The highest BCUT2D eigenvalue weighted by Crippen LogP contribution is 2.62. The second kappa shape index (κ2) is 9.30. The van der Waals surface area contributed by atoms with Crippen molar-refractivity contribution in [1.29, 1.82) is 0 Å². The average Bonchev–Trinajstić information content (AvgIpc) is 3.28. The molecular formula is C26H37NO7. The van der Waals surface area contributed by atoms with Crippen LogP contribution in [0.25, 0.3) is 0 Å². The van der Waals surface area contributed by atoms with Crippen LogP contribution in [0.1, 0.15) is 51.5 Å². The molecule has 2 N–H and O–H groups in total. The fourth-order valence-electron chi connectivity index (χ4n) is 7.03. The van der Waals surface area contributed by atoms with Crippen molar-refractivity contribution in [2.45, 2.75) is 71.0 Å². The van der Waals surface area contributed by atoms with E-state index in [-0.39, 0.29) is 41.8 Å². The zero-order valence-electron chi connectivity index (χ0n) is 20.4. The molecule has 34 heavy (non-hydrogen) atoms.